The number of aromatic nitrogens is 1. The third kappa shape index (κ3) is 3.22. The molecule has 0 saturated carbocycles. The van der Waals surface area contributed by atoms with E-state index in [1.165, 1.54) is 17.6 Å². The standard InChI is InChI=1S/C11H11ClN2O2S2/c1-18(15,16)9-5-3-2-4-8(9)13-7-11-14-6-10(12)17-11/h2-6,13H,7H2,1H3. The van der Waals surface area contributed by atoms with Crippen LogP contribution in [-0.2, 0) is 16.4 Å². The van der Waals surface area contributed by atoms with Crippen LogP contribution in [0, 0.1) is 0 Å². The van der Waals surface area contributed by atoms with Crippen molar-refractivity contribution >= 4 is 38.5 Å². The van der Waals surface area contributed by atoms with Gasteiger partial charge in [0.1, 0.15) is 9.34 Å². The molecule has 1 aromatic carbocycles. The Bertz CT molecular complexity index is 653. The van der Waals surface area contributed by atoms with Gasteiger partial charge in [0, 0.05) is 6.26 Å². The first kappa shape index (κ1) is 13.3. The van der Waals surface area contributed by atoms with E-state index in [-0.39, 0.29) is 4.90 Å². The maximum Gasteiger partial charge on any atom is 0.177 e. The average molecular weight is 303 g/mol. The lowest BCUT2D eigenvalue weighted by atomic mass is 10.3. The minimum atomic E-state index is -3.24. The molecule has 0 saturated heterocycles. The van der Waals surface area contributed by atoms with Crippen molar-refractivity contribution in [1.29, 1.82) is 0 Å². The van der Waals surface area contributed by atoms with Crippen LogP contribution in [0.5, 0.6) is 0 Å². The Hall–Kier alpha value is -1.11. The molecular weight excluding hydrogens is 292 g/mol. The lowest BCUT2D eigenvalue weighted by Crippen LogP contribution is -2.05. The number of nitrogens with zero attached hydrogens (tertiary/aromatic N) is 1. The fourth-order valence-corrected chi connectivity index (χ4v) is 3.24. The second kappa shape index (κ2) is 5.26. The van der Waals surface area contributed by atoms with Gasteiger partial charge in [-0.05, 0) is 12.1 Å². The molecule has 2 rings (SSSR count). The van der Waals surface area contributed by atoms with E-state index in [0.29, 0.717) is 16.6 Å². The Morgan fingerprint density at radius 1 is 1.39 bits per heavy atom. The third-order valence-electron chi connectivity index (χ3n) is 2.24. The first-order chi connectivity index (χ1) is 8.47. The molecule has 0 bridgehead atoms. The predicted molar refractivity (Wildman–Crippen MR) is 74.0 cm³/mol. The largest absolute Gasteiger partial charge is 0.377 e. The summed E-state index contributed by atoms with van der Waals surface area (Å²) in [4.78, 5) is 4.38. The molecule has 0 fully saturated rings. The zero-order chi connectivity index (χ0) is 13.2. The van der Waals surface area contributed by atoms with Crippen molar-refractivity contribution in [3.63, 3.8) is 0 Å². The molecule has 0 amide bonds. The average Bonchev–Trinajstić information content (AvgIpc) is 2.72. The summed E-state index contributed by atoms with van der Waals surface area (Å²) in [6, 6.07) is 6.78. The van der Waals surface area contributed by atoms with Crippen LogP contribution >= 0.6 is 22.9 Å². The summed E-state index contributed by atoms with van der Waals surface area (Å²) < 4.78 is 23.8. The first-order valence-electron chi connectivity index (χ1n) is 5.10. The van der Waals surface area contributed by atoms with E-state index in [1.807, 2.05) is 0 Å². The summed E-state index contributed by atoms with van der Waals surface area (Å²) in [5.74, 6) is 0. The fourth-order valence-electron chi connectivity index (χ4n) is 1.48. The number of nitrogens with one attached hydrogen (secondary N) is 1. The highest BCUT2D eigenvalue weighted by Gasteiger charge is 2.12. The normalized spacial score (nSPS) is 11.4. The zero-order valence-electron chi connectivity index (χ0n) is 9.55. The van der Waals surface area contributed by atoms with Crippen molar-refractivity contribution in [2.24, 2.45) is 0 Å². The summed E-state index contributed by atoms with van der Waals surface area (Å²) in [5.41, 5.74) is 0.575. The van der Waals surface area contributed by atoms with Gasteiger partial charge < -0.3 is 5.32 Å². The molecule has 0 aliphatic rings. The minimum Gasteiger partial charge on any atom is -0.377 e. The second-order valence-electron chi connectivity index (χ2n) is 3.68. The summed E-state index contributed by atoms with van der Waals surface area (Å²) in [7, 11) is -3.24. The maximum atomic E-state index is 11.6. The second-order valence-corrected chi connectivity index (χ2v) is 7.41. The number of rotatable bonds is 4. The van der Waals surface area contributed by atoms with E-state index in [2.05, 4.69) is 10.3 Å². The van der Waals surface area contributed by atoms with Gasteiger partial charge in [-0.15, -0.1) is 11.3 Å². The molecule has 0 aliphatic carbocycles. The molecule has 96 valence electrons. The summed E-state index contributed by atoms with van der Waals surface area (Å²) >= 11 is 7.14. The van der Waals surface area contributed by atoms with Gasteiger partial charge in [0.25, 0.3) is 0 Å². The van der Waals surface area contributed by atoms with Crippen LogP contribution in [0.4, 0.5) is 5.69 Å². The third-order valence-corrected chi connectivity index (χ3v) is 4.51. The summed E-state index contributed by atoms with van der Waals surface area (Å²) in [5, 5.41) is 3.87. The Labute approximate surface area is 115 Å². The van der Waals surface area contributed by atoms with Gasteiger partial charge in [0.15, 0.2) is 9.84 Å². The van der Waals surface area contributed by atoms with E-state index in [1.54, 1.807) is 30.5 Å². The number of benzene rings is 1. The number of sulfone groups is 1. The van der Waals surface area contributed by atoms with Crippen molar-refractivity contribution in [3.8, 4) is 0 Å². The topological polar surface area (TPSA) is 59.1 Å². The summed E-state index contributed by atoms with van der Waals surface area (Å²) in [6.45, 7) is 0.448. The molecule has 1 heterocycles. The number of anilines is 1. The quantitative estimate of drug-likeness (QED) is 0.943. The molecule has 0 radical (unpaired) electrons. The Kier molecular flexibility index (Phi) is 3.89. The van der Waals surface area contributed by atoms with Crippen LogP contribution < -0.4 is 5.32 Å². The summed E-state index contributed by atoms with van der Waals surface area (Å²) in [6.07, 6.45) is 2.76. The van der Waals surface area contributed by atoms with Gasteiger partial charge in [-0.25, -0.2) is 13.4 Å². The van der Waals surface area contributed by atoms with E-state index >= 15 is 0 Å². The van der Waals surface area contributed by atoms with Gasteiger partial charge in [0.05, 0.1) is 23.3 Å². The van der Waals surface area contributed by atoms with Crippen molar-refractivity contribution < 1.29 is 8.42 Å². The molecule has 0 unspecified atom stereocenters. The molecule has 0 atom stereocenters. The molecule has 0 aliphatic heterocycles. The predicted octanol–water partition coefficient (Wildman–Crippen LogP) is 2.81. The molecule has 1 N–H and O–H groups in total. The lowest BCUT2D eigenvalue weighted by Gasteiger charge is -2.09. The Morgan fingerprint density at radius 2 is 2.11 bits per heavy atom. The van der Waals surface area contributed by atoms with Gasteiger partial charge in [-0.2, -0.15) is 0 Å². The SMILES string of the molecule is CS(=O)(=O)c1ccccc1NCc1ncc(Cl)s1. The van der Waals surface area contributed by atoms with E-state index < -0.39 is 9.84 Å². The van der Waals surface area contributed by atoms with Crippen LogP contribution in [0.25, 0.3) is 0 Å². The monoisotopic (exact) mass is 302 g/mol. The van der Waals surface area contributed by atoms with Gasteiger partial charge in [0.2, 0.25) is 0 Å². The molecule has 4 nitrogen and oxygen atoms in total. The van der Waals surface area contributed by atoms with Crippen LogP contribution in [0.2, 0.25) is 4.34 Å². The van der Waals surface area contributed by atoms with Gasteiger partial charge in [-0.3, -0.25) is 0 Å². The van der Waals surface area contributed by atoms with Crippen LogP contribution in [0.15, 0.2) is 35.4 Å². The number of hydrogen-bond acceptors (Lipinski definition) is 5. The number of halogens is 1. The number of hydrogen-bond donors (Lipinski definition) is 1. The zero-order valence-corrected chi connectivity index (χ0v) is 11.9. The van der Waals surface area contributed by atoms with Crippen molar-refractivity contribution in [1.82, 2.24) is 4.98 Å². The van der Waals surface area contributed by atoms with Crippen LogP contribution in [0.3, 0.4) is 0 Å². The van der Waals surface area contributed by atoms with E-state index in [0.717, 1.165) is 5.01 Å². The van der Waals surface area contributed by atoms with E-state index in [9.17, 15) is 8.42 Å². The highest BCUT2D eigenvalue weighted by molar-refractivity contribution is 7.90. The molecule has 2 aromatic rings. The van der Waals surface area contributed by atoms with Crippen molar-refractivity contribution in [3.05, 3.63) is 39.8 Å². The molecule has 7 heteroatoms. The van der Waals surface area contributed by atoms with Crippen molar-refractivity contribution in [2.75, 3.05) is 11.6 Å². The molecule has 18 heavy (non-hydrogen) atoms. The van der Waals surface area contributed by atoms with Crippen LogP contribution in [0.1, 0.15) is 5.01 Å². The fraction of sp³-hybridized carbons (Fsp3) is 0.182. The number of thiazole rings is 1. The lowest BCUT2D eigenvalue weighted by molar-refractivity contribution is 0.602. The Balaban J connectivity index is 2.20. The molecular formula is C11H11ClN2O2S2. The van der Waals surface area contributed by atoms with Crippen molar-refractivity contribution in [2.45, 2.75) is 11.4 Å². The minimum absolute atomic E-state index is 0.285. The Morgan fingerprint density at radius 3 is 2.72 bits per heavy atom. The highest BCUT2D eigenvalue weighted by Crippen LogP contribution is 2.23. The number of para-hydroxylation sites is 1. The van der Waals surface area contributed by atoms with Gasteiger partial charge in [-0.1, -0.05) is 23.7 Å². The molecule has 0 spiro atoms. The molecule has 1 aromatic heterocycles. The van der Waals surface area contributed by atoms with Gasteiger partial charge >= 0.3 is 0 Å². The highest BCUT2D eigenvalue weighted by atomic mass is 35.5. The van der Waals surface area contributed by atoms with E-state index in [4.69, 9.17) is 11.6 Å². The van der Waals surface area contributed by atoms with Crippen LogP contribution in [-0.4, -0.2) is 19.7 Å². The maximum absolute atomic E-state index is 11.6. The smallest absolute Gasteiger partial charge is 0.177 e. The first-order valence-corrected chi connectivity index (χ1v) is 8.18.